The summed E-state index contributed by atoms with van der Waals surface area (Å²) in [6.07, 6.45) is 2.96. The van der Waals surface area contributed by atoms with Gasteiger partial charge in [0.05, 0.1) is 5.56 Å². The van der Waals surface area contributed by atoms with Crippen molar-refractivity contribution in [3.05, 3.63) is 35.4 Å². The number of carbonyl (C=O) groups excluding carboxylic acids is 1. The van der Waals surface area contributed by atoms with Crippen LogP contribution in [-0.2, 0) is 0 Å². The van der Waals surface area contributed by atoms with E-state index in [4.69, 9.17) is 0 Å². The first-order valence-corrected chi connectivity index (χ1v) is 7.10. The second kappa shape index (κ2) is 5.48. The van der Waals surface area contributed by atoms with E-state index in [1.54, 1.807) is 0 Å². The molecule has 108 valence electrons. The third-order valence-electron chi connectivity index (χ3n) is 4.46. The second-order valence-corrected chi connectivity index (χ2v) is 5.79. The average molecular weight is 280 g/mol. The van der Waals surface area contributed by atoms with Crippen molar-refractivity contribution in [1.29, 1.82) is 0 Å². The fourth-order valence-corrected chi connectivity index (χ4v) is 3.37. The maximum absolute atomic E-state index is 13.6. The number of rotatable bonds is 2. The molecule has 3 rings (SSSR count). The first-order chi connectivity index (χ1) is 9.63. The predicted molar refractivity (Wildman–Crippen MR) is 71.3 cm³/mol. The Morgan fingerprint density at radius 2 is 2.00 bits per heavy atom. The molecule has 1 aromatic rings. The lowest BCUT2D eigenvalue weighted by Gasteiger charge is -2.31. The summed E-state index contributed by atoms with van der Waals surface area (Å²) in [5.74, 6) is -0.606. The number of amides is 1. The molecule has 5 heteroatoms. The molecule has 1 saturated heterocycles. The maximum atomic E-state index is 13.6. The van der Waals surface area contributed by atoms with Crippen molar-refractivity contribution in [1.82, 2.24) is 10.6 Å². The van der Waals surface area contributed by atoms with Gasteiger partial charge in [-0.25, -0.2) is 8.78 Å². The Hall–Kier alpha value is -1.49. The van der Waals surface area contributed by atoms with Gasteiger partial charge in [0, 0.05) is 12.1 Å². The first-order valence-electron chi connectivity index (χ1n) is 7.10. The van der Waals surface area contributed by atoms with Gasteiger partial charge >= 0.3 is 0 Å². The molecule has 1 unspecified atom stereocenters. The second-order valence-electron chi connectivity index (χ2n) is 5.79. The summed E-state index contributed by atoms with van der Waals surface area (Å²) in [5, 5.41) is 6.25. The standard InChI is InChI=1S/C15H18F2N2O/c16-11-2-4-13(14(17)6-11)15(20)19-12-3-1-9-7-18-8-10(9)5-12/h2,4,6,9-10,12,18H,1,3,5,7-8H2,(H,19,20)/t9-,10+,12?/m0/s1. The fourth-order valence-electron chi connectivity index (χ4n) is 3.37. The Kier molecular flexibility index (Phi) is 3.70. The van der Waals surface area contributed by atoms with Gasteiger partial charge in [-0.15, -0.1) is 0 Å². The molecule has 1 heterocycles. The van der Waals surface area contributed by atoms with E-state index in [-0.39, 0.29) is 11.6 Å². The largest absolute Gasteiger partial charge is 0.349 e. The summed E-state index contributed by atoms with van der Waals surface area (Å²) in [6.45, 7) is 2.07. The van der Waals surface area contributed by atoms with Gasteiger partial charge < -0.3 is 10.6 Å². The highest BCUT2D eigenvalue weighted by Gasteiger charge is 2.34. The van der Waals surface area contributed by atoms with Crippen LogP contribution in [-0.4, -0.2) is 25.0 Å². The highest BCUT2D eigenvalue weighted by molar-refractivity contribution is 5.94. The number of benzene rings is 1. The predicted octanol–water partition coefficient (Wildman–Crippen LogP) is 2.08. The van der Waals surface area contributed by atoms with E-state index in [2.05, 4.69) is 10.6 Å². The number of halogens is 2. The summed E-state index contributed by atoms with van der Waals surface area (Å²) >= 11 is 0. The van der Waals surface area contributed by atoms with Gasteiger partial charge in [-0.05, 0) is 56.3 Å². The van der Waals surface area contributed by atoms with Gasteiger partial charge in [-0.2, -0.15) is 0 Å². The van der Waals surface area contributed by atoms with Gasteiger partial charge in [0.15, 0.2) is 0 Å². The smallest absolute Gasteiger partial charge is 0.254 e. The Bertz CT molecular complexity index is 521. The van der Waals surface area contributed by atoms with Gasteiger partial charge in [-0.3, -0.25) is 4.79 Å². The fraction of sp³-hybridized carbons (Fsp3) is 0.533. The lowest BCUT2D eigenvalue weighted by molar-refractivity contribution is 0.0909. The highest BCUT2D eigenvalue weighted by atomic mass is 19.1. The molecule has 2 fully saturated rings. The molecule has 20 heavy (non-hydrogen) atoms. The Balaban J connectivity index is 1.64. The molecule has 0 bridgehead atoms. The zero-order valence-corrected chi connectivity index (χ0v) is 11.2. The zero-order valence-electron chi connectivity index (χ0n) is 11.2. The van der Waals surface area contributed by atoms with Gasteiger partial charge in [0.1, 0.15) is 11.6 Å². The lowest BCUT2D eigenvalue weighted by atomic mass is 9.79. The van der Waals surface area contributed by atoms with Crippen molar-refractivity contribution >= 4 is 5.91 Å². The molecule has 0 radical (unpaired) electrons. The average Bonchev–Trinajstić information content (AvgIpc) is 2.85. The summed E-state index contributed by atoms with van der Waals surface area (Å²) in [5.41, 5.74) is -0.0851. The van der Waals surface area contributed by atoms with Crippen LogP contribution >= 0.6 is 0 Å². The van der Waals surface area contributed by atoms with Gasteiger partial charge in [0.25, 0.3) is 5.91 Å². The molecule has 1 saturated carbocycles. The topological polar surface area (TPSA) is 41.1 Å². The van der Waals surface area contributed by atoms with E-state index >= 15 is 0 Å². The minimum Gasteiger partial charge on any atom is -0.349 e. The van der Waals surface area contributed by atoms with Crippen molar-refractivity contribution in [2.24, 2.45) is 11.8 Å². The van der Waals surface area contributed by atoms with Gasteiger partial charge in [-0.1, -0.05) is 0 Å². The van der Waals surface area contributed by atoms with Crippen LogP contribution in [0.5, 0.6) is 0 Å². The number of fused-ring (bicyclic) bond motifs is 1. The summed E-state index contributed by atoms with van der Waals surface area (Å²) in [4.78, 5) is 12.0. The quantitative estimate of drug-likeness (QED) is 0.871. The number of nitrogens with one attached hydrogen (secondary N) is 2. The molecule has 3 atom stereocenters. The van der Waals surface area contributed by atoms with E-state index in [1.165, 1.54) is 6.07 Å². The van der Waals surface area contributed by atoms with Gasteiger partial charge in [0.2, 0.25) is 0 Å². The van der Waals surface area contributed by atoms with E-state index in [0.29, 0.717) is 11.8 Å². The van der Waals surface area contributed by atoms with Crippen molar-refractivity contribution < 1.29 is 13.6 Å². The normalized spacial score (nSPS) is 29.0. The van der Waals surface area contributed by atoms with Crippen LogP contribution in [0.1, 0.15) is 29.6 Å². The molecule has 1 aliphatic carbocycles. The van der Waals surface area contributed by atoms with E-state index < -0.39 is 17.5 Å². The van der Waals surface area contributed by atoms with Crippen molar-refractivity contribution in [3.8, 4) is 0 Å². The number of hydrogen-bond donors (Lipinski definition) is 2. The van der Waals surface area contributed by atoms with E-state index in [1.807, 2.05) is 0 Å². The molecule has 1 aromatic carbocycles. The summed E-state index contributed by atoms with van der Waals surface area (Å²) in [6, 6.07) is 3.14. The molecule has 0 spiro atoms. The van der Waals surface area contributed by atoms with Crippen molar-refractivity contribution in [3.63, 3.8) is 0 Å². The van der Waals surface area contributed by atoms with Crippen LogP contribution in [0.15, 0.2) is 18.2 Å². The van der Waals surface area contributed by atoms with Crippen LogP contribution in [0, 0.1) is 23.5 Å². The molecular weight excluding hydrogens is 262 g/mol. The Morgan fingerprint density at radius 1 is 1.20 bits per heavy atom. The number of hydrogen-bond acceptors (Lipinski definition) is 2. The van der Waals surface area contributed by atoms with Crippen molar-refractivity contribution in [2.75, 3.05) is 13.1 Å². The lowest BCUT2D eigenvalue weighted by Crippen LogP contribution is -2.40. The summed E-state index contributed by atoms with van der Waals surface area (Å²) in [7, 11) is 0. The first kappa shape index (κ1) is 13.5. The minimum atomic E-state index is -0.807. The molecule has 3 nitrogen and oxygen atoms in total. The molecule has 2 N–H and O–H groups in total. The third-order valence-corrected chi connectivity index (χ3v) is 4.46. The van der Waals surface area contributed by atoms with Crippen LogP contribution < -0.4 is 10.6 Å². The summed E-state index contributed by atoms with van der Waals surface area (Å²) < 4.78 is 26.4. The molecule has 1 aliphatic heterocycles. The maximum Gasteiger partial charge on any atom is 0.254 e. The van der Waals surface area contributed by atoms with Crippen LogP contribution in [0.4, 0.5) is 8.78 Å². The monoisotopic (exact) mass is 280 g/mol. The van der Waals surface area contributed by atoms with E-state index in [9.17, 15) is 13.6 Å². The number of carbonyl (C=O) groups is 1. The Labute approximate surface area is 116 Å². The Morgan fingerprint density at radius 3 is 2.80 bits per heavy atom. The van der Waals surface area contributed by atoms with E-state index in [0.717, 1.165) is 44.5 Å². The van der Waals surface area contributed by atoms with Crippen molar-refractivity contribution in [2.45, 2.75) is 25.3 Å². The molecule has 1 amide bonds. The highest BCUT2D eigenvalue weighted by Crippen LogP contribution is 2.32. The van der Waals surface area contributed by atoms with Crippen LogP contribution in [0.2, 0.25) is 0 Å². The zero-order chi connectivity index (χ0) is 14.1. The van der Waals surface area contributed by atoms with Crippen LogP contribution in [0.3, 0.4) is 0 Å². The molecular formula is C15H18F2N2O. The minimum absolute atomic E-state index is 0.0851. The van der Waals surface area contributed by atoms with Crippen LogP contribution in [0.25, 0.3) is 0 Å². The molecule has 0 aromatic heterocycles. The SMILES string of the molecule is O=C(NC1CC[C@H]2CNC[C@H]2C1)c1ccc(F)cc1F. The molecule has 2 aliphatic rings. The third kappa shape index (κ3) is 2.68.